The van der Waals surface area contributed by atoms with Crippen LogP contribution in [0, 0.1) is 11.3 Å². The van der Waals surface area contributed by atoms with E-state index in [0.717, 1.165) is 12.5 Å². The summed E-state index contributed by atoms with van der Waals surface area (Å²) in [4.78, 5) is 8.05. The van der Waals surface area contributed by atoms with Gasteiger partial charge in [0.05, 0.1) is 0 Å². The summed E-state index contributed by atoms with van der Waals surface area (Å²) in [5.41, 5.74) is 6.33. The van der Waals surface area contributed by atoms with Crippen LogP contribution in [0.2, 0.25) is 0 Å². The van der Waals surface area contributed by atoms with Gasteiger partial charge in [0, 0.05) is 24.2 Å². The lowest BCUT2D eigenvalue weighted by molar-refractivity contribution is -0.0309. The molecule has 2 aliphatic rings. The number of hydrogen-bond donors (Lipinski definition) is 1. The zero-order valence-electron chi connectivity index (χ0n) is 10.9. The van der Waals surface area contributed by atoms with Gasteiger partial charge in [0.15, 0.2) is 5.13 Å². The largest absolute Gasteiger partial charge is 0.375 e. The molecule has 2 N–H and O–H groups in total. The molecule has 1 aromatic rings. The van der Waals surface area contributed by atoms with Crippen LogP contribution in [0.25, 0.3) is 0 Å². The zero-order valence-corrected chi connectivity index (χ0v) is 12.5. The van der Waals surface area contributed by atoms with Crippen LogP contribution in [0.5, 0.6) is 0 Å². The first-order valence-electron chi connectivity index (χ1n) is 6.60. The van der Waals surface area contributed by atoms with E-state index in [-0.39, 0.29) is 12.4 Å². The number of halogens is 1. The van der Waals surface area contributed by atoms with E-state index < -0.39 is 0 Å². The molecular weight excluding hydrogens is 266 g/mol. The van der Waals surface area contributed by atoms with Crippen LogP contribution in [0.1, 0.15) is 37.5 Å². The molecule has 1 aromatic heterocycles. The highest BCUT2D eigenvalue weighted by molar-refractivity contribution is 7.15. The Kier molecular flexibility index (Phi) is 4.19. The predicted molar refractivity (Wildman–Crippen MR) is 79.1 cm³/mol. The van der Waals surface area contributed by atoms with E-state index in [1.807, 2.05) is 6.20 Å². The lowest BCUT2D eigenvalue weighted by atomic mass is 9.59. The molecule has 5 heteroatoms. The van der Waals surface area contributed by atoms with E-state index in [2.05, 4.69) is 16.8 Å². The van der Waals surface area contributed by atoms with Crippen molar-refractivity contribution in [1.82, 2.24) is 9.88 Å². The van der Waals surface area contributed by atoms with Gasteiger partial charge in [0.1, 0.15) is 0 Å². The van der Waals surface area contributed by atoms with Gasteiger partial charge < -0.3 is 5.73 Å². The molecule has 3 nitrogen and oxygen atoms in total. The molecule has 18 heavy (non-hydrogen) atoms. The number of rotatable bonds is 2. The minimum absolute atomic E-state index is 0. The maximum Gasteiger partial charge on any atom is 0.180 e. The van der Waals surface area contributed by atoms with E-state index in [4.69, 9.17) is 5.73 Å². The molecule has 0 radical (unpaired) electrons. The van der Waals surface area contributed by atoms with Crippen LogP contribution in [-0.4, -0.2) is 23.0 Å². The van der Waals surface area contributed by atoms with Crippen molar-refractivity contribution in [2.75, 3.05) is 18.8 Å². The molecule has 1 unspecified atom stereocenters. The van der Waals surface area contributed by atoms with Gasteiger partial charge in [-0.1, -0.05) is 13.3 Å². The Hall–Kier alpha value is -0.320. The SMILES string of the molecule is CC1CCN(Cc2cnc(N)s2)CC12CCC2.Cl. The average Bonchev–Trinajstić information content (AvgIpc) is 2.65. The molecule has 1 atom stereocenters. The van der Waals surface area contributed by atoms with Crippen molar-refractivity contribution in [1.29, 1.82) is 0 Å². The Balaban J connectivity index is 0.00000120. The fourth-order valence-electron chi connectivity index (χ4n) is 3.40. The fourth-order valence-corrected chi connectivity index (χ4v) is 4.12. The van der Waals surface area contributed by atoms with Crippen LogP contribution < -0.4 is 5.73 Å². The Morgan fingerprint density at radius 2 is 2.33 bits per heavy atom. The second-order valence-electron chi connectivity index (χ2n) is 5.78. The third kappa shape index (κ3) is 2.51. The zero-order chi connectivity index (χ0) is 11.9. The van der Waals surface area contributed by atoms with Crippen molar-refractivity contribution in [3.8, 4) is 0 Å². The summed E-state index contributed by atoms with van der Waals surface area (Å²) < 4.78 is 0. The van der Waals surface area contributed by atoms with Crippen LogP contribution in [-0.2, 0) is 6.54 Å². The first-order chi connectivity index (χ1) is 8.18. The molecule has 3 rings (SSSR count). The van der Waals surface area contributed by atoms with Gasteiger partial charge in [-0.15, -0.1) is 23.7 Å². The number of thiazole rings is 1. The average molecular weight is 288 g/mol. The second-order valence-corrected chi connectivity index (χ2v) is 6.93. The van der Waals surface area contributed by atoms with Gasteiger partial charge in [0.25, 0.3) is 0 Å². The summed E-state index contributed by atoms with van der Waals surface area (Å²) in [7, 11) is 0. The minimum atomic E-state index is 0. The van der Waals surface area contributed by atoms with Crippen molar-refractivity contribution in [2.45, 2.75) is 39.2 Å². The van der Waals surface area contributed by atoms with Gasteiger partial charge in [-0.05, 0) is 37.1 Å². The highest BCUT2D eigenvalue weighted by Gasteiger charge is 2.45. The van der Waals surface area contributed by atoms with Crippen molar-refractivity contribution < 1.29 is 0 Å². The van der Waals surface area contributed by atoms with Crippen LogP contribution >= 0.6 is 23.7 Å². The molecule has 0 aromatic carbocycles. The molecule has 0 amide bonds. The quantitative estimate of drug-likeness (QED) is 0.908. The highest BCUT2D eigenvalue weighted by Crippen LogP contribution is 2.51. The monoisotopic (exact) mass is 287 g/mol. The number of likely N-dealkylation sites (tertiary alicyclic amines) is 1. The van der Waals surface area contributed by atoms with Crippen LogP contribution in [0.15, 0.2) is 6.20 Å². The lowest BCUT2D eigenvalue weighted by Crippen LogP contribution is -2.51. The van der Waals surface area contributed by atoms with Crippen molar-refractivity contribution in [3.05, 3.63) is 11.1 Å². The summed E-state index contributed by atoms with van der Waals surface area (Å²) in [5, 5.41) is 0.698. The summed E-state index contributed by atoms with van der Waals surface area (Å²) in [6.07, 6.45) is 7.61. The van der Waals surface area contributed by atoms with Crippen molar-refractivity contribution >= 4 is 28.9 Å². The van der Waals surface area contributed by atoms with E-state index in [1.165, 1.54) is 43.6 Å². The van der Waals surface area contributed by atoms with Gasteiger partial charge in [-0.3, -0.25) is 4.90 Å². The molecule has 2 heterocycles. The Bertz CT molecular complexity index is 403. The number of nitrogens with zero attached hydrogens (tertiary/aromatic N) is 2. The van der Waals surface area contributed by atoms with E-state index in [1.54, 1.807) is 11.3 Å². The molecule has 0 bridgehead atoms. The highest BCUT2D eigenvalue weighted by atomic mass is 35.5. The number of nitrogen functional groups attached to an aromatic ring is 1. The molecule has 102 valence electrons. The summed E-state index contributed by atoms with van der Waals surface area (Å²) in [5.74, 6) is 0.916. The third-order valence-corrected chi connectivity index (χ3v) is 5.57. The second kappa shape index (κ2) is 5.35. The van der Waals surface area contributed by atoms with Crippen LogP contribution in [0.4, 0.5) is 5.13 Å². The van der Waals surface area contributed by atoms with E-state index in [9.17, 15) is 0 Å². The normalized spacial score (nSPS) is 26.6. The Morgan fingerprint density at radius 3 is 2.89 bits per heavy atom. The number of hydrogen-bond acceptors (Lipinski definition) is 4. The number of piperidine rings is 1. The molecular formula is C13H22ClN3S. The standard InChI is InChI=1S/C13H21N3S.ClH/c1-10-3-6-16(9-13(10)4-2-5-13)8-11-7-15-12(14)17-11;/h7,10H,2-6,8-9H2,1H3,(H2,14,15);1H. The number of aromatic nitrogens is 1. The van der Waals surface area contributed by atoms with Crippen molar-refractivity contribution in [3.63, 3.8) is 0 Å². The molecule has 2 fully saturated rings. The van der Waals surface area contributed by atoms with Crippen molar-refractivity contribution in [2.24, 2.45) is 11.3 Å². The van der Waals surface area contributed by atoms with Crippen LogP contribution in [0.3, 0.4) is 0 Å². The molecule has 1 saturated carbocycles. The van der Waals surface area contributed by atoms with Gasteiger partial charge in [0.2, 0.25) is 0 Å². The van der Waals surface area contributed by atoms with E-state index >= 15 is 0 Å². The maximum atomic E-state index is 5.69. The van der Waals surface area contributed by atoms with Gasteiger partial charge in [-0.25, -0.2) is 4.98 Å². The Labute approximate surface area is 119 Å². The topological polar surface area (TPSA) is 42.2 Å². The molecule has 1 aliphatic heterocycles. The number of nitrogens with two attached hydrogens (primary N) is 1. The fraction of sp³-hybridized carbons (Fsp3) is 0.769. The first kappa shape index (κ1) is 14.1. The summed E-state index contributed by atoms with van der Waals surface area (Å²) in [6, 6.07) is 0. The predicted octanol–water partition coefficient (Wildman–Crippen LogP) is 3.16. The third-order valence-electron chi connectivity index (χ3n) is 4.76. The maximum absolute atomic E-state index is 5.69. The van der Waals surface area contributed by atoms with Gasteiger partial charge in [-0.2, -0.15) is 0 Å². The smallest absolute Gasteiger partial charge is 0.180 e. The number of anilines is 1. The molecule has 1 spiro atoms. The first-order valence-corrected chi connectivity index (χ1v) is 7.42. The minimum Gasteiger partial charge on any atom is -0.375 e. The van der Waals surface area contributed by atoms with E-state index in [0.29, 0.717) is 10.5 Å². The summed E-state index contributed by atoms with van der Waals surface area (Å²) in [6.45, 7) is 6.01. The summed E-state index contributed by atoms with van der Waals surface area (Å²) >= 11 is 1.63. The van der Waals surface area contributed by atoms with Gasteiger partial charge >= 0.3 is 0 Å². The molecule has 1 aliphatic carbocycles. The molecule has 1 saturated heterocycles. The lowest BCUT2D eigenvalue weighted by Gasteiger charge is -2.53. The Morgan fingerprint density at radius 1 is 1.56 bits per heavy atom.